The van der Waals surface area contributed by atoms with E-state index in [2.05, 4.69) is 45.0 Å². The van der Waals surface area contributed by atoms with Crippen LogP contribution in [0.1, 0.15) is 134 Å². The lowest BCUT2D eigenvalue weighted by Crippen LogP contribution is -2.31. The van der Waals surface area contributed by atoms with Crippen LogP contribution in [0.4, 0.5) is 0 Å². The van der Waals surface area contributed by atoms with E-state index in [1.54, 1.807) is 0 Å². The molecule has 0 radical (unpaired) electrons. The molecule has 1 aromatic carbocycles. The van der Waals surface area contributed by atoms with Gasteiger partial charge in [-0.05, 0) is 104 Å². The van der Waals surface area contributed by atoms with Crippen molar-refractivity contribution >= 4 is 11.4 Å². The van der Waals surface area contributed by atoms with Crippen LogP contribution < -0.4 is 0 Å². The highest BCUT2D eigenvalue weighted by Gasteiger charge is 2.34. The highest BCUT2D eigenvalue weighted by Crippen LogP contribution is 2.42. The molecule has 0 aromatic heterocycles. The standard InChI is InChI=1S/C33H50O/c1-4-6-8-26-9-13-27(14-10-26)24(3)32-22-21-31(23-33(32)34)30-19-17-29(18-20-30)28-15-11-25(7-5-2)12-16-28/h17-20,23-28,32H,4-16,21-22H2,1-3H3. The van der Waals surface area contributed by atoms with Crippen LogP contribution in [0.25, 0.3) is 5.57 Å². The van der Waals surface area contributed by atoms with E-state index >= 15 is 0 Å². The number of carbonyl (C=O) groups is 1. The Morgan fingerprint density at radius 1 is 0.794 bits per heavy atom. The van der Waals surface area contributed by atoms with E-state index in [-0.39, 0.29) is 5.92 Å². The second-order valence-electron chi connectivity index (χ2n) is 12.1. The van der Waals surface area contributed by atoms with Crippen molar-refractivity contribution < 1.29 is 4.79 Å². The Bertz CT molecular complexity index is 786. The number of rotatable bonds is 9. The molecule has 0 heterocycles. The van der Waals surface area contributed by atoms with Gasteiger partial charge in [-0.1, -0.05) is 90.0 Å². The Morgan fingerprint density at radius 3 is 2.06 bits per heavy atom. The first-order chi connectivity index (χ1) is 16.6. The van der Waals surface area contributed by atoms with Crippen LogP contribution in [0, 0.1) is 29.6 Å². The largest absolute Gasteiger partial charge is 0.295 e. The van der Waals surface area contributed by atoms with Gasteiger partial charge >= 0.3 is 0 Å². The summed E-state index contributed by atoms with van der Waals surface area (Å²) in [6.45, 7) is 7.00. The number of allylic oxidation sites excluding steroid dienone is 2. The lowest BCUT2D eigenvalue weighted by Gasteiger charge is -2.36. The van der Waals surface area contributed by atoms with Crippen molar-refractivity contribution in [2.45, 2.75) is 123 Å². The van der Waals surface area contributed by atoms with Gasteiger partial charge in [0.2, 0.25) is 0 Å². The number of unbranched alkanes of at least 4 members (excludes halogenated alkanes) is 1. The lowest BCUT2D eigenvalue weighted by molar-refractivity contribution is -0.121. The van der Waals surface area contributed by atoms with Gasteiger partial charge in [0.15, 0.2) is 5.78 Å². The summed E-state index contributed by atoms with van der Waals surface area (Å²) < 4.78 is 0. The molecule has 0 aliphatic heterocycles. The zero-order chi connectivity index (χ0) is 23.9. The van der Waals surface area contributed by atoms with E-state index in [0.717, 1.165) is 36.5 Å². The fourth-order valence-electron chi connectivity index (χ4n) is 7.54. The molecule has 3 aliphatic carbocycles. The highest BCUT2D eigenvalue weighted by atomic mass is 16.1. The SMILES string of the molecule is CCCCC1CCC(C(C)C2CCC(c3ccc(C4CCC(CCC)CC4)cc3)=CC2=O)CC1. The molecule has 0 amide bonds. The Morgan fingerprint density at radius 2 is 1.44 bits per heavy atom. The van der Waals surface area contributed by atoms with Crippen LogP contribution in [0.2, 0.25) is 0 Å². The normalized spacial score (nSPS) is 31.2. The third kappa shape index (κ3) is 6.44. The average molecular weight is 463 g/mol. The second kappa shape index (κ2) is 12.5. The van der Waals surface area contributed by atoms with Gasteiger partial charge in [0.05, 0.1) is 0 Å². The van der Waals surface area contributed by atoms with Gasteiger partial charge in [-0.3, -0.25) is 4.79 Å². The van der Waals surface area contributed by atoms with Crippen LogP contribution in [0.3, 0.4) is 0 Å². The molecular weight excluding hydrogens is 412 g/mol. The van der Waals surface area contributed by atoms with Crippen molar-refractivity contribution in [1.29, 1.82) is 0 Å². The Balaban J connectivity index is 1.30. The molecule has 0 bridgehead atoms. The van der Waals surface area contributed by atoms with Crippen molar-refractivity contribution in [3.8, 4) is 0 Å². The first-order valence-electron chi connectivity index (χ1n) is 14.9. The minimum absolute atomic E-state index is 0.249. The number of ketones is 1. The monoisotopic (exact) mass is 462 g/mol. The van der Waals surface area contributed by atoms with Crippen LogP contribution in [-0.2, 0) is 4.79 Å². The van der Waals surface area contributed by atoms with Gasteiger partial charge in [-0.2, -0.15) is 0 Å². The van der Waals surface area contributed by atoms with Crippen LogP contribution >= 0.6 is 0 Å². The maximum absolute atomic E-state index is 13.2. The molecule has 0 N–H and O–H groups in total. The fraction of sp³-hybridized carbons (Fsp3) is 0.727. The van der Waals surface area contributed by atoms with Crippen molar-refractivity contribution in [2.75, 3.05) is 0 Å². The van der Waals surface area contributed by atoms with E-state index in [1.165, 1.54) is 100 Å². The Labute approximate surface area is 210 Å². The lowest BCUT2D eigenvalue weighted by atomic mass is 9.68. The summed E-state index contributed by atoms with van der Waals surface area (Å²) in [5, 5.41) is 0. The topological polar surface area (TPSA) is 17.1 Å². The molecule has 2 saturated carbocycles. The van der Waals surface area contributed by atoms with Crippen molar-refractivity contribution in [2.24, 2.45) is 29.6 Å². The van der Waals surface area contributed by atoms with Gasteiger partial charge in [0.1, 0.15) is 0 Å². The first kappa shape index (κ1) is 25.7. The van der Waals surface area contributed by atoms with Crippen LogP contribution in [-0.4, -0.2) is 5.78 Å². The van der Waals surface area contributed by atoms with Crippen LogP contribution in [0.15, 0.2) is 30.3 Å². The van der Waals surface area contributed by atoms with E-state index < -0.39 is 0 Å². The van der Waals surface area contributed by atoms with Crippen molar-refractivity contribution in [1.82, 2.24) is 0 Å². The molecule has 34 heavy (non-hydrogen) atoms. The Hall–Kier alpha value is -1.37. The number of benzene rings is 1. The summed E-state index contributed by atoms with van der Waals surface area (Å²) >= 11 is 0. The van der Waals surface area contributed by atoms with E-state index in [9.17, 15) is 4.79 Å². The zero-order valence-corrected chi connectivity index (χ0v) is 22.4. The van der Waals surface area contributed by atoms with Gasteiger partial charge in [0, 0.05) is 5.92 Å². The average Bonchev–Trinajstić information content (AvgIpc) is 2.88. The summed E-state index contributed by atoms with van der Waals surface area (Å²) in [5.41, 5.74) is 4.07. The van der Waals surface area contributed by atoms with Gasteiger partial charge in [-0.15, -0.1) is 0 Å². The molecule has 2 fully saturated rings. The summed E-state index contributed by atoms with van der Waals surface area (Å²) in [6, 6.07) is 9.32. The first-order valence-corrected chi connectivity index (χ1v) is 14.9. The van der Waals surface area contributed by atoms with E-state index in [4.69, 9.17) is 0 Å². The predicted octanol–water partition coefficient (Wildman–Crippen LogP) is 9.76. The third-order valence-corrected chi connectivity index (χ3v) is 9.94. The molecule has 0 spiro atoms. The molecule has 3 aliphatic rings. The second-order valence-corrected chi connectivity index (χ2v) is 12.1. The van der Waals surface area contributed by atoms with Crippen LogP contribution in [0.5, 0.6) is 0 Å². The molecular formula is C33H50O. The van der Waals surface area contributed by atoms with E-state index in [1.807, 2.05) is 6.08 Å². The van der Waals surface area contributed by atoms with Crippen molar-refractivity contribution in [3.63, 3.8) is 0 Å². The zero-order valence-electron chi connectivity index (χ0n) is 22.4. The molecule has 4 rings (SSSR count). The molecule has 1 aromatic rings. The molecule has 2 unspecified atom stereocenters. The maximum atomic E-state index is 13.2. The smallest absolute Gasteiger partial charge is 0.159 e. The fourth-order valence-corrected chi connectivity index (χ4v) is 7.54. The molecule has 0 saturated heterocycles. The minimum Gasteiger partial charge on any atom is -0.295 e. The van der Waals surface area contributed by atoms with Gasteiger partial charge in [0.25, 0.3) is 0 Å². The van der Waals surface area contributed by atoms with Gasteiger partial charge in [-0.25, -0.2) is 0 Å². The summed E-state index contributed by atoms with van der Waals surface area (Å²) in [4.78, 5) is 13.2. The predicted molar refractivity (Wildman–Crippen MR) is 146 cm³/mol. The summed E-state index contributed by atoms with van der Waals surface area (Å²) in [7, 11) is 0. The quantitative estimate of drug-likeness (QED) is 0.357. The molecule has 1 nitrogen and oxygen atoms in total. The number of carbonyl (C=O) groups excluding carboxylic acids is 1. The number of hydrogen-bond acceptors (Lipinski definition) is 1. The maximum Gasteiger partial charge on any atom is 0.159 e. The summed E-state index contributed by atoms with van der Waals surface area (Å²) in [6.07, 6.45) is 22.0. The van der Waals surface area contributed by atoms with Crippen molar-refractivity contribution in [3.05, 3.63) is 41.5 Å². The van der Waals surface area contributed by atoms with E-state index in [0.29, 0.717) is 11.7 Å². The molecule has 2 atom stereocenters. The Kier molecular flexibility index (Phi) is 9.49. The molecule has 1 heteroatoms. The minimum atomic E-state index is 0.249. The third-order valence-electron chi connectivity index (χ3n) is 9.94. The number of hydrogen-bond donors (Lipinski definition) is 0. The highest BCUT2D eigenvalue weighted by molar-refractivity contribution is 6.00. The summed E-state index contributed by atoms with van der Waals surface area (Å²) in [5.74, 6) is 4.61. The van der Waals surface area contributed by atoms with Gasteiger partial charge < -0.3 is 0 Å². The molecule has 188 valence electrons.